The van der Waals surface area contributed by atoms with Crippen LogP contribution in [0.15, 0.2) is 30.3 Å². The molecule has 1 atom stereocenters. The number of nitrogens with zero attached hydrogens (tertiary/aromatic N) is 2. The summed E-state index contributed by atoms with van der Waals surface area (Å²) in [5.41, 5.74) is 0.728. The molecule has 2 heterocycles. The number of piperidine rings is 2. The highest BCUT2D eigenvalue weighted by Crippen LogP contribution is 2.19. The molecule has 1 aromatic rings. The van der Waals surface area contributed by atoms with Gasteiger partial charge in [-0.2, -0.15) is 0 Å². The van der Waals surface area contributed by atoms with Crippen LogP contribution in [0.3, 0.4) is 0 Å². The molecule has 2 aliphatic rings. The molecule has 0 radical (unpaired) electrons. The second-order valence-corrected chi connectivity index (χ2v) is 7.62. The molecule has 3 rings (SSSR count). The number of hydrogen-bond acceptors (Lipinski definition) is 3. The maximum Gasteiger partial charge on any atom is 0.253 e. The van der Waals surface area contributed by atoms with Gasteiger partial charge in [-0.15, -0.1) is 0 Å². The van der Waals surface area contributed by atoms with Gasteiger partial charge in [-0.1, -0.05) is 24.6 Å². The van der Waals surface area contributed by atoms with Crippen LogP contribution in [0.25, 0.3) is 0 Å². The van der Waals surface area contributed by atoms with E-state index in [0.29, 0.717) is 19.1 Å². The topological polar surface area (TPSA) is 52.7 Å². The third-order valence-corrected chi connectivity index (χ3v) is 5.76. The van der Waals surface area contributed by atoms with E-state index >= 15 is 0 Å². The number of hydrogen-bond donors (Lipinski definition) is 1. The van der Waals surface area contributed by atoms with Crippen LogP contribution in [-0.2, 0) is 4.79 Å². The summed E-state index contributed by atoms with van der Waals surface area (Å²) < 4.78 is 0. The second-order valence-electron chi connectivity index (χ2n) is 7.62. The molecular weight excluding hydrogens is 326 g/mol. The van der Waals surface area contributed by atoms with Crippen LogP contribution in [0.1, 0.15) is 49.4 Å². The Hall–Kier alpha value is -1.88. The van der Waals surface area contributed by atoms with E-state index in [1.165, 1.54) is 19.3 Å². The Morgan fingerprint density at radius 1 is 1.04 bits per heavy atom. The lowest BCUT2D eigenvalue weighted by atomic mass is 9.95. The molecule has 0 aromatic heterocycles. The Kier molecular flexibility index (Phi) is 6.67. The van der Waals surface area contributed by atoms with E-state index in [4.69, 9.17) is 0 Å². The van der Waals surface area contributed by atoms with Crippen molar-refractivity contribution in [2.75, 3.05) is 32.7 Å². The first kappa shape index (κ1) is 18.9. The SMILES string of the molecule is CC(CNC(=O)C1CCN(C(=O)c2ccccc2)CC1)N1CCCCC1. The lowest BCUT2D eigenvalue weighted by molar-refractivity contribution is -0.126. The first-order chi connectivity index (χ1) is 12.6. The predicted molar refractivity (Wildman–Crippen MR) is 103 cm³/mol. The molecule has 0 saturated carbocycles. The summed E-state index contributed by atoms with van der Waals surface area (Å²) in [5.74, 6) is 0.257. The van der Waals surface area contributed by atoms with Gasteiger partial charge in [0.1, 0.15) is 0 Å². The normalized spacial score (nSPS) is 20.6. The summed E-state index contributed by atoms with van der Waals surface area (Å²) in [4.78, 5) is 29.3. The minimum Gasteiger partial charge on any atom is -0.354 e. The van der Waals surface area contributed by atoms with Gasteiger partial charge >= 0.3 is 0 Å². The van der Waals surface area contributed by atoms with Gasteiger partial charge in [0, 0.05) is 37.2 Å². The molecule has 2 fully saturated rings. The smallest absolute Gasteiger partial charge is 0.253 e. The van der Waals surface area contributed by atoms with Gasteiger partial charge in [0.25, 0.3) is 5.91 Å². The highest BCUT2D eigenvalue weighted by atomic mass is 16.2. The quantitative estimate of drug-likeness (QED) is 0.881. The monoisotopic (exact) mass is 357 g/mol. The Morgan fingerprint density at radius 2 is 1.69 bits per heavy atom. The molecule has 2 amide bonds. The standard InChI is InChI=1S/C21H31N3O2/c1-17(23-12-6-3-7-13-23)16-22-20(25)18-10-14-24(15-11-18)21(26)19-8-4-2-5-9-19/h2,4-5,8-9,17-18H,3,6-7,10-16H2,1H3,(H,22,25). The molecule has 1 aromatic carbocycles. The number of carbonyl (C=O) groups excluding carboxylic acids is 2. The van der Waals surface area contributed by atoms with Crippen molar-refractivity contribution in [3.63, 3.8) is 0 Å². The van der Waals surface area contributed by atoms with Crippen molar-refractivity contribution >= 4 is 11.8 Å². The highest BCUT2D eigenvalue weighted by molar-refractivity contribution is 5.94. The lowest BCUT2D eigenvalue weighted by Gasteiger charge is -2.34. The van der Waals surface area contributed by atoms with E-state index in [1.807, 2.05) is 35.2 Å². The highest BCUT2D eigenvalue weighted by Gasteiger charge is 2.28. The summed E-state index contributed by atoms with van der Waals surface area (Å²) in [5, 5.41) is 3.14. The molecule has 1 unspecified atom stereocenters. The van der Waals surface area contributed by atoms with Crippen molar-refractivity contribution in [1.82, 2.24) is 15.1 Å². The molecule has 5 nitrogen and oxygen atoms in total. The third-order valence-electron chi connectivity index (χ3n) is 5.76. The van der Waals surface area contributed by atoms with E-state index in [2.05, 4.69) is 17.1 Å². The van der Waals surface area contributed by atoms with E-state index < -0.39 is 0 Å². The van der Waals surface area contributed by atoms with Crippen molar-refractivity contribution in [2.45, 2.75) is 45.1 Å². The fraction of sp³-hybridized carbons (Fsp3) is 0.619. The lowest BCUT2D eigenvalue weighted by Crippen LogP contribution is -2.47. The minimum atomic E-state index is 0.0309. The Labute approximate surface area is 156 Å². The molecular formula is C21H31N3O2. The van der Waals surface area contributed by atoms with Gasteiger partial charge in [0.15, 0.2) is 0 Å². The van der Waals surface area contributed by atoms with Crippen molar-refractivity contribution in [3.8, 4) is 0 Å². The number of likely N-dealkylation sites (tertiary alicyclic amines) is 2. The van der Waals surface area contributed by atoms with Crippen molar-refractivity contribution in [1.29, 1.82) is 0 Å². The molecule has 1 N–H and O–H groups in total. The zero-order chi connectivity index (χ0) is 18.4. The van der Waals surface area contributed by atoms with Gasteiger partial charge in [0.05, 0.1) is 0 Å². The van der Waals surface area contributed by atoms with Crippen LogP contribution in [0, 0.1) is 5.92 Å². The molecule has 5 heteroatoms. The first-order valence-electron chi connectivity index (χ1n) is 10.0. The van der Waals surface area contributed by atoms with Gasteiger partial charge < -0.3 is 10.2 Å². The van der Waals surface area contributed by atoms with Crippen molar-refractivity contribution in [3.05, 3.63) is 35.9 Å². The van der Waals surface area contributed by atoms with Crippen molar-refractivity contribution in [2.24, 2.45) is 5.92 Å². The zero-order valence-corrected chi connectivity index (χ0v) is 15.8. The number of nitrogens with one attached hydrogen (secondary N) is 1. The summed E-state index contributed by atoms with van der Waals surface area (Å²) in [6.45, 7) is 6.55. The Bertz CT molecular complexity index is 591. The molecule has 0 bridgehead atoms. The van der Waals surface area contributed by atoms with Gasteiger partial charge in [-0.05, 0) is 57.8 Å². The van der Waals surface area contributed by atoms with Crippen LogP contribution in [0.4, 0.5) is 0 Å². The molecule has 2 aliphatic heterocycles. The Morgan fingerprint density at radius 3 is 2.35 bits per heavy atom. The molecule has 0 spiro atoms. The van der Waals surface area contributed by atoms with E-state index in [9.17, 15) is 9.59 Å². The fourth-order valence-electron chi connectivity index (χ4n) is 3.99. The van der Waals surface area contributed by atoms with Crippen LogP contribution in [0.5, 0.6) is 0 Å². The van der Waals surface area contributed by atoms with E-state index in [1.54, 1.807) is 0 Å². The fourth-order valence-corrected chi connectivity index (χ4v) is 3.99. The summed E-state index contributed by atoms with van der Waals surface area (Å²) >= 11 is 0. The molecule has 26 heavy (non-hydrogen) atoms. The van der Waals surface area contributed by atoms with E-state index in [0.717, 1.165) is 38.0 Å². The maximum atomic E-state index is 12.5. The average molecular weight is 357 g/mol. The van der Waals surface area contributed by atoms with Crippen LogP contribution in [0.2, 0.25) is 0 Å². The Balaban J connectivity index is 1.41. The van der Waals surface area contributed by atoms with E-state index in [-0.39, 0.29) is 17.7 Å². The zero-order valence-electron chi connectivity index (χ0n) is 15.8. The molecule has 142 valence electrons. The largest absolute Gasteiger partial charge is 0.354 e. The number of amides is 2. The predicted octanol–water partition coefficient (Wildman–Crippen LogP) is 2.53. The number of rotatable bonds is 5. The van der Waals surface area contributed by atoms with Crippen molar-refractivity contribution < 1.29 is 9.59 Å². The van der Waals surface area contributed by atoms with Gasteiger partial charge in [0.2, 0.25) is 5.91 Å². The molecule has 2 saturated heterocycles. The summed E-state index contributed by atoms with van der Waals surface area (Å²) in [7, 11) is 0. The summed E-state index contributed by atoms with van der Waals surface area (Å²) in [6, 6.07) is 9.79. The van der Waals surface area contributed by atoms with Crippen LogP contribution < -0.4 is 5.32 Å². The first-order valence-corrected chi connectivity index (χ1v) is 10.0. The molecule has 0 aliphatic carbocycles. The third kappa shape index (κ3) is 4.85. The second kappa shape index (κ2) is 9.17. The van der Waals surface area contributed by atoms with Crippen LogP contribution >= 0.6 is 0 Å². The minimum absolute atomic E-state index is 0.0309. The average Bonchev–Trinajstić information content (AvgIpc) is 2.72. The van der Waals surface area contributed by atoms with Gasteiger partial charge in [-0.3, -0.25) is 14.5 Å². The number of carbonyl (C=O) groups is 2. The maximum absolute atomic E-state index is 12.5. The van der Waals surface area contributed by atoms with Crippen LogP contribution in [-0.4, -0.2) is 60.4 Å². The summed E-state index contributed by atoms with van der Waals surface area (Å²) in [6.07, 6.45) is 5.37. The number of benzene rings is 1. The van der Waals surface area contributed by atoms with Gasteiger partial charge in [-0.25, -0.2) is 0 Å².